The molecular formula is C17H27ClN2O2. The van der Waals surface area contributed by atoms with Crippen LogP contribution in [0.2, 0.25) is 0 Å². The second-order valence-electron chi connectivity index (χ2n) is 6.07. The highest BCUT2D eigenvalue weighted by Gasteiger charge is 2.22. The van der Waals surface area contributed by atoms with Crippen molar-refractivity contribution in [1.82, 2.24) is 10.6 Å². The summed E-state index contributed by atoms with van der Waals surface area (Å²) >= 11 is 0. The van der Waals surface area contributed by atoms with Gasteiger partial charge in [-0.05, 0) is 49.9 Å². The lowest BCUT2D eigenvalue weighted by Crippen LogP contribution is -2.52. The molecule has 1 heterocycles. The Balaban J connectivity index is 0.00000242. The summed E-state index contributed by atoms with van der Waals surface area (Å²) in [4.78, 5) is 12.0. The number of benzene rings is 1. The van der Waals surface area contributed by atoms with Crippen molar-refractivity contribution in [2.24, 2.45) is 0 Å². The summed E-state index contributed by atoms with van der Waals surface area (Å²) in [7, 11) is 0. The molecule has 5 heteroatoms. The van der Waals surface area contributed by atoms with Crippen LogP contribution in [-0.4, -0.2) is 31.1 Å². The van der Waals surface area contributed by atoms with Crippen LogP contribution in [0.1, 0.15) is 45.1 Å². The normalized spacial score (nSPS) is 21.1. The van der Waals surface area contributed by atoms with E-state index in [0.29, 0.717) is 12.0 Å². The van der Waals surface area contributed by atoms with Crippen LogP contribution in [0.15, 0.2) is 24.3 Å². The smallest absolute Gasteiger partial charge is 0.258 e. The predicted molar refractivity (Wildman–Crippen MR) is 91.9 cm³/mol. The number of hydrogen-bond acceptors (Lipinski definition) is 3. The van der Waals surface area contributed by atoms with Gasteiger partial charge in [0.05, 0.1) is 0 Å². The molecule has 0 spiro atoms. The number of hydrogen-bond donors (Lipinski definition) is 2. The molecule has 1 amide bonds. The zero-order valence-corrected chi connectivity index (χ0v) is 14.4. The molecule has 0 aliphatic carbocycles. The van der Waals surface area contributed by atoms with Gasteiger partial charge in [0.25, 0.3) is 5.91 Å². The lowest BCUT2D eigenvalue weighted by atomic mass is 10.00. The molecular weight excluding hydrogens is 300 g/mol. The molecule has 0 radical (unpaired) electrons. The van der Waals surface area contributed by atoms with Crippen molar-refractivity contribution >= 4 is 18.3 Å². The summed E-state index contributed by atoms with van der Waals surface area (Å²) in [5.74, 6) is 1.16. The molecule has 2 atom stereocenters. The van der Waals surface area contributed by atoms with Crippen LogP contribution in [-0.2, 0) is 4.79 Å². The van der Waals surface area contributed by atoms with E-state index in [1.165, 1.54) is 5.56 Å². The van der Waals surface area contributed by atoms with Crippen molar-refractivity contribution in [2.45, 2.75) is 51.6 Å². The predicted octanol–water partition coefficient (Wildman–Crippen LogP) is 2.87. The minimum atomic E-state index is -0.0505. The number of amides is 1. The largest absolute Gasteiger partial charge is 0.484 e. The highest BCUT2D eigenvalue weighted by atomic mass is 35.5. The monoisotopic (exact) mass is 326 g/mol. The quantitative estimate of drug-likeness (QED) is 0.874. The van der Waals surface area contributed by atoms with Gasteiger partial charge in [-0.1, -0.05) is 26.0 Å². The molecule has 1 aliphatic rings. The third-order valence-electron chi connectivity index (χ3n) is 4.00. The van der Waals surface area contributed by atoms with E-state index in [9.17, 15) is 4.79 Å². The Labute approximate surface area is 139 Å². The Bertz CT molecular complexity index is 479. The second kappa shape index (κ2) is 9.01. The minimum absolute atomic E-state index is 0. The van der Waals surface area contributed by atoms with Crippen molar-refractivity contribution in [1.29, 1.82) is 0 Å². The Morgan fingerprint density at radius 2 is 2.23 bits per heavy atom. The van der Waals surface area contributed by atoms with Gasteiger partial charge in [0.15, 0.2) is 6.61 Å². The van der Waals surface area contributed by atoms with Crippen LogP contribution in [0, 0.1) is 0 Å². The fraction of sp³-hybridized carbons (Fsp3) is 0.588. The molecule has 1 fully saturated rings. The molecule has 2 unspecified atom stereocenters. The van der Waals surface area contributed by atoms with Crippen LogP contribution in [0.3, 0.4) is 0 Å². The minimum Gasteiger partial charge on any atom is -0.484 e. The molecule has 124 valence electrons. The van der Waals surface area contributed by atoms with Gasteiger partial charge in [0.1, 0.15) is 5.75 Å². The highest BCUT2D eigenvalue weighted by Crippen LogP contribution is 2.20. The van der Waals surface area contributed by atoms with Crippen molar-refractivity contribution in [3.8, 4) is 5.75 Å². The summed E-state index contributed by atoms with van der Waals surface area (Å²) in [6.07, 6.45) is 2.13. The number of rotatable bonds is 5. The Morgan fingerprint density at radius 3 is 2.91 bits per heavy atom. The molecule has 0 bridgehead atoms. The fourth-order valence-electron chi connectivity index (χ4n) is 2.60. The van der Waals surface area contributed by atoms with Gasteiger partial charge < -0.3 is 15.4 Å². The van der Waals surface area contributed by atoms with E-state index in [2.05, 4.69) is 37.5 Å². The van der Waals surface area contributed by atoms with Gasteiger partial charge in [-0.3, -0.25) is 4.79 Å². The molecule has 4 nitrogen and oxygen atoms in total. The van der Waals surface area contributed by atoms with Crippen molar-refractivity contribution in [3.05, 3.63) is 29.8 Å². The SMILES string of the molecule is CC(C)c1cccc(OCC(=O)NC2CCCNC2C)c1.Cl. The van der Waals surface area contributed by atoms with Gasteiger partial charge in [0.2, 0.25) is 0 Å². The fourth-order valence-corrected chi connectivity index (χ4v) is 2.60. The summed E-state index contributed by atoms with van der Waals surface area (Å²) in [6, 6.07) is 8.47. The van der Waals surface area contributed by atoms with E-state index in [4.69, 9.17) is 4.74 Å². The molecule has 1 aliphatic heterocycles. The van der Waals surface area contributed by atoms with Crippen molar-refractivity contribution < 1.29 is 9.53 Å². The van der Waals surface area contributed by atoms with Crippen LogP contribution in [0.25, 0.3) is 0 Å². The maximum Gasteiger partial charge on any atom is 0.258 e. The molecule has 22 heavy (non-hydrogen) atoms. The summed E-state index contributed by atoms with van der Waals surface area (Å²) in [6.45, 7) is 7.50. The molecule has 0 saturated carbocycles. The molecule has 1 aromatic carbocycles. The summed E-state index contributed by atoms with van der Waals surface area (Å²) in [5, 5.41) is 6.43. The van der Waals surface area contributed by atoms with E-state index in [1.807, 2.05) is 18.2 Å². The Morgan fingerprint density at radius 1 is 1.45 bits per heavy atom. The maximum atomic E-state index is 12.0. The summed E-state index contributed by atoms with van der Waals surface area (Å²) < 4.78 is 5.60. The average Bonchev–Trinajstić information content (AvgIpc) is 2.48. The number of halogens is 1. The average molecular weight is 327 g/mol. The molecule has 2 N–H and O–H groups in total. The Kier molecular flexibility index (Phi) is 7.69. The first kappa shape index (κ1) is 18.8. The first-order chi connectivity index (χ1) is 10.1. The van der Waals surface area contributed by atoms with Gasteiger partial charge in [-0.25, -0.2) is 0 Å². The van der Waals surface area contributed by atoms with E-state index in [1.54, 1.807) is 0 Å². The number of carbonyl (C=O) groups excluding carboxylic acids is 1. The van der Waals surface area contributed by atoms with Gasteiger partial charge in [0, 0.05) is 12.1 Å². The van der Waals surface area contributed by atoms with Crippen molar-refractivity contribution in [2.75, 3.05) is 13.2 Å². The van der Waals surface area contributed by atoms with E-state index in [-0.39, 0.29) is 31.0 Å². The Hall–Kier alpha value is -1.26. The van der Waals surface area contributed by atoms with E-state index in [0.717, 1.165) is 25.1 Å². The zero-order valence-electron chi connectivity index (χ0n) is 13.6. The lowest BCUT2D eigenvalue weighted by molar-refractivity contribution is -0.124. The first-order valence-electron chi connectivity index (χ1n) is 7.82. The van der Waals surface area contributed by atoms with Gasteiger partial charge in [-0.15, -0.1) is 12.4 Å². The second-order valence-corrected chi connectivity index (χ2v) is 6.07. The van der Waals surface area contributed by atoms with E-state index >= 15 is 0 Å². The molecule has 0 aromatic heterocycles. The third-order valence-corrected chi connectivity index (χ3v) is 4.00. The number of piperidine rings is 1. The first-order valence-corrected chi connectivity index (χ1v) is 7.82. The van der Waals surface area contributed by atoms with Crippen LogP contribution in [0.5, 0.6) is 5.75 Å². The lowest BCUT2D eigenvalue weighted by Gasteiger charge is -2.30. The summed E-state index contributed by atoms with van der Waals surface area (Å²) in [5.41, 5.74) is 1.22. The van der Waals surface area contributed by atoms with Crippen LogP contribution < -0.4 is 15.4 Å². The van der Waals surface area contributed by atoms with Crippen LogP contribution in [0.4, 0.5) is 0 Å². The third kappa shape index (κ3) is 5.50. The molecule has 2 rings (SSSR count). The molecule has 1 aromatic rings. The zero-order chi connectivity index (χ0) is 15.2. The van der Waals surface area contributed by atoms with Gasteiger partial charge in [-0.2, -0.15) is 0 Å². The highest BCUT2D eigenvalue weighted by molar-refractivity contribution is 5.85. The van der Waals surface area contributed by atoms with Gasteiger partial charge >= 0.3 is 0 Å². The number of nitrogens with one attached hydrogen (secondary N) is 2. The van der Waals surface area contributed by atoms with Crippen LogP contribution >= 0.6 is 12.4 Å². The van der Waals surface area contributed by atoms with E-state index < -0.39 is 0 Å². The number of carbonyl (C=O) groups is 1. The molecule has 1 saturated heterocycles. The topological polar surface area (TPSA) is 50.4 Å². The number of ether oxygens (including phenoxy) is 1. The maximum absolute atomic E-state index is 12.0. The van der Waals surface area contributed by atoms with Crippen molar-refractivity contribution in [3.63, 3.8) is 0 Å². The standard InChI is InChI=1S/C17H26N2O2.ClH/c1-12(2)14-6-4-7-15(10-14)21-11-17(20)19-16-8-5-9-18-13(16)3;/h4,6-7,10,12-13,16,18H,5,8-9,11H2,1-3H3,(H,19,20);1H.